The van der Waals surface area contributed by atoms with Crippen LogP contribution >= 0.6 is 0 Å². The van der Waals surface area contributed by atoms with E-state index in [1.165, 1.54) is 6.20 Å². The first-order valence-electron chi connectivity index (χ1n) is 5.25. The quantitative estimate of drug-likeness (QED) is 0.737. The number of rotatable bonds is 4. The summed E-state index contributed by atoms with van der Waals surface area (Å²) in [5.41, 5.74) is 7.72. The summed E-state index contributed by atoms with van der Waals surface area (Å²) < 4.78 is 0. The summed E-state index contributed by atoms with van der Waals surface area (Å²) in [7, 11) is 0. The molecule has 88 valence electrons. The highest BCUT2D eigenvalue weighted by Crippen LogP contribution is 2.26. The lowest BCUT2D eigenvalue weighted by Crippen LogP contribution is -2.21. The fraction of sp³-hybridized carbons (Fsp3) is 0.167. The van der Waals surface area contributed by atoms with Crippen molar-refractivity contribution in [2.75, 3.05) is 6.54 Å². The van der Waals surface area contributed by atoms with Crippen molar-refractivity contribution in [2.24, 2.45) is 5.73 Å². The van der Waals surface area contributed by atoms with Gasteiger partial charge in [0, 0.05) is 12.1 Å². The standard InChI is InChI=1S/C12H13N3O2/c13-6-9(12(16)17)10-7-14-15-11(10)8-4-2-1-3-5-8/h1-5,7,9H,6,13H2,(H,14,15)(H,16,17). The van der Waals surface area contributed by atoms with Crippen LogP contribution in [-0.2, 0) is 4.79 Å². The van der Waals surface area contributed by atoms with Crippen molar-refractivity contribution < 1.29 is 9.90 Å². The van der Waals surface area contributed by atoms with E-state index in [9.17, 15) is 4.79 Å². The third kappa shape index (κ3) is 2.19. The third-order valence-corrected chi connectivity index (χ3v) is 2.64. The van der Waals surface area contributed by atoms with Crippen LogP contribution < -0.4 is 5.73 Å². The molecule has 0 amide bonds. The van der Waals surface area contributed by atoms with E-state index in [2.05, 4.69) is 10.2 Å². The van der Waals surface area contributed by atoms with Gasteiger partial charge >= 0.3 is 5.97 Å². The number of aliphatic carboxylic acids is 1. The van der Waals surface area contributed by atoms with Gasteiger partial charge in [-0.3, -0.25) is 9.89 Å². The Balaban J connectivity index is 2.45. The average molecular weight is 231 g/mol. The molecule has 0 saturated heterocycles. The molecule has 0 bridgehead atoms. The number of H-pyrrole nitrogens is 1. The molecule has 0 aliphatic rings. The number of hydrogen-bond acceptors (Lipinski definition) is 3. The molecule has 0 spiro atoms. The molecule has 2 aromatic rings. The summed E-state index contributed by atoms with van der Waals surface area (Å²) in [4.78, 5) is 11.1. The van der Waals surface area contributed by atoms with E-state index in [4.69, 9.17) is 10.8 Å². The zero-order chi connectivity index (χ0) is 12.3. The lowest BCUT2D eigenvalue weighted by molar-refractivity contribution is -0.138. The number of benzene rings is 1. The Morgan fingerprint density at radius 3 is 2.71 bits per heavy atom. The lowest BCUT2D eigenvalue weighted by atomic mass is 9.97. The highest BCUT2D eigenvalue weighted by Gasteiger charge is 2.23. The van der Waals surface area contributed by atoms with Crippen molar-refractivity contribution in [2.45, 2.75) is 5.92 Å². The normalized spacial score (nSPS) is 12.3. The minimum Gasteiger partial charge on any atom is -0.481 e. The van der Waals surface area contributed by atoms with Crippen LogP contribution in [0.25, 0.3) is 11.3 Å². The van der Waals surface area contributed by atoms with Crippen LogP contribution in [0.4, 0.5) is 0 Å². The van der Waals surface area contributed by atoms with Crippen LogP contribution in [-0.4, -0.2) is 27.8 Å². The van der Waals surface area contributed by atoms with E-state index in [0.29, 0.717) is 11.3 Å². The van der Waals surface area contributed by atoms with Gasteiger partial charge in [-0.15, -0.1) is 0 Å². The van der Waals surface area contributed by atoms with Crippen LogP contribution in [0, 0.1) is 0 Å². The SMILES string of the molecule is NCC(C(=O)O)c1cn[nH]c1-c1ccccc1. The minimum absolute atomic E-state index is 0.0503. The van der Waals surface area contributed by atoms with Crippen molar-refractivity contribution in [3.05, 3.63) is 42.1 Å². The molecule has 5 heteroatoms. The van der Waals surface area contributed by atoms with E-state index >= 15 is 0 Å². The largest absolute Gasteiger partial charge is 0.481 e. The first-order valence-corrected chi connectivity index (χ1v) is 5.25. The van der Waals surface area contributed by atoms with Gasteiger partial charge in [0.05, 0.1) is 17.8 Å². The van der Waals surface area contributed by atoms with Crippen LogP contribution in [0.2, 0.25) is 0 Å². The topological polar surface area (TPSA) is 92.0 Å². The van der Waals surface area contributed by atoms with Gasteiger partial charge in [-0.1, -0.05) is 30.3 Å². The number of carbonyl (C=O) groups is 1. The number of carboxylic acids is 1. The molecule has 0 radical (unpaired) electrons. The first-order chi connectivity index (χ1) is 8.24. The van der Waals surface area contributed by atoms with Crippen molar-refractivity contribution >= 4 is 5.97 Å². The number of hydrogen-bond donors (Lipinski definition) is 3. The molecule has 0 aliphatic heterocycles. The Hall–Kier alpha value is -2.14. The molecule has 2 rings (SSSR count). The molecule has 1 heterocycles. The highest BCUT2D eigenvalue weighted by molar-refractivity contribution is 5.80. The summed E-state index contributed by atoms with van der Waals surface area (Å²) in [6.45, 7) is 0.0503. The number of aromatic amines is 1. The van der Waals surface area contributed by atoms with Gasteiger partial charge in [0.25, 0.3) is 0 Å². The second-order valence-electron chi connectivity index (χ2n) is 3.69. The molecule has 5 nitrogen and oxygen atoms in total. The van der Waals surface area contributed by atoms with E-state index < -0.39 is 11.9 Å². The van der Waals surface area contributed by atoms with Gasteiger partial charge in [-0.05, 0) is 5.56 Å². The Morgan fingerprint density at radius 1 is 1.41 bits per heavy atom. The van der Waals surface area contributed by atoms with Crippen LogP contribution in [0.5, 0.6) is 0 Å². The van der Waals surface area contributed by atoms with Gasteiger partial charge in [0.15, 0.2) is 0 Å². The number of nitrogens with two attached hydrogens (primary N) is 1. The van der Waals surface area contributed by atoms with E-state index in [1.54, 1.807) is 0 Å². The minimum atomic E-state index is -0.939. The number of aromatic nitrogens is 2. The number of nitrogens with zero attached hydrogens (tertiary/aromatic N) is 1. The van der Waals surface area contributed by atoms with Crippen molar-refractivity contribution in [3.63, 3.8) is 0 Å². The van der Waals surface area contributed by atoms with E-state index in [-0.39, 0.29) is 6.54 Å². The van der Waals surface area contributed by atoms with Gasteiger partial charge < -0.3 is 10.8 Å². The second-order valence-corrected chi connectivity index (χ2v) is 3.69. The Labute approximate surface area is 98.3 Å². The van der Waals surface area contributed by atoms with Gasteiger partial charge in [0.2, 0.25) is 0 Å². The molecule has 1 aromatic carbocycles. The highest BCUT2D eigenvalue weighted by atomic mass is 16.4. The molecule has 0 aliphatic carbocycles. The van der Waals surface area contributed by atoms with Crippen molar-refractivity contribution in [1.29, 1.82) is 0 Å². The van der Waals surface area contributed by atoms with Crippen molar-refractivity contribution in [3.8, 4) is 11.3 Å². The Morgan fingerprint density at radius 2 is 2.12 bits per heavy atom. The summed E-state index contributed by atoms with van der Waals surface area (Å²) >= 11 is 0. The molecule has 0 saturated carbocycles. The summed E-state index contributed by atoms with van der Waals surface area (Å²) in [5, 5.41) is 15.8. The molecule has 1 unspecified atom stereocenters. The summed E-state index contributed by atoms with van der Waals surface area (Å²) in [6.07, 6.45) is 1.52. The fourth-order valence-electron chi connectivity index (χ4n) is 1.76. The monoisotopic (exact) mass is 231 g/mol. The zero-order valence-electron chi connectivity index (χ0n) is 9.13. The van der Waals surface area contributed by atoms with Gasteiger partial charge in [0.1, 0.15) is 0 Å². The second kappa shape index (κ2) is 4.80. The predicted octanol–water partition coefficient (Wildman–Crippen LogP) is 1.20. The van der Waals surface area contributed by atoms with E-state index in [0.717, 1.165) is 5.56 Å². The maximum absolute atomic E-state index is 11.1. The maximum Gasteiger partial charge on any atom is 0.312 e. The smallest absolute Gasteiger partial charge is 0.312 e. The summed E-state index contributed by atoms with van der Waals surface area (Å²) in [5.74, 6) is -1.67. The molecule has 17 heavy (non-hydrogen) atoms. The Bertz CT molecular complexity index is 507. The predicted molar refractivity (Wildman–Crippen MR) is 63.5 cm³/mol. The molecule has 1 atom stereocenters. The zero-order valence-corrected chi connectivity index (χ0v) is 9.13. The maximum atomic E-state index is 11.1. The van der Waals surface area contributed by atoms with Crippen molar-refractivity contribution in [1.82, 2.24) is 10.2 Å². The van der Waals surface area contributed by atoms with Gasteiger partial charge in [-0.25, -0.2) is 0 Å². The number of nitrogens with one attached hydrogen (secondary N) is 1. The summed E-state index contributed by atoms with van der Waals surface area (Å²) in [6, 6.07) is 9.46. The molecule has 0 fully saturated rings. The van der Waals surface area contributed by atoms with Crippen LogP contribution in [0.15, 0.2) is 36.5 Å². The number of carboxylic acid groups (broad SMARTS) is 1. The average Bonchev–Trinajstić information content (AvgIpc) is 2.80. The van der Waals surface area contributed by atoms with Gasteiger partial charge in [-0.2, -0.15) is 5.10 Å². The van der Waals surface area contributed by atoms with Crippen LogP contribution in [0.3, 0.4) is 0 Å². The first kappa shape index (κ1) is 11.3. The molecular weight excluding hydrogens is 218 g/mol. The Kier molecular flexibility index (Phi) is 3.20. The fourth-order valence-corrected chi connectivity index (χ4v) is 1.76. The van der Waals surface area contributed by atoms with Crippen LogP contribution in [0.1, 0.15) is 11.5 Å². The molecular formula is C12H13N3O2. The molecule has 4 N–H and O–H groups in total. The lowest BCUT2D eigenvalue weighted by Gasteiger charge is -2.10. The van der Waals surface area contributed by atoms with E-state index in [1.807, 2.05) is 30.3 Å². The third-order valence-electron chi connectivity index (χ3n) is 2.64. The molecule has 1 aromatic heterocycles.